The molecule has 0 spiro atoms. The Morgan fingerprint density at radius 1 is 1.20 bits per heavy atom. The van der Waals surface area contributed by atoms with E-state index in [1.54, 1.807) is 22.8 Å². The van der Waals surface area contributed by atoms with Crippen LogP contribution >= 0.6 is 0 Å². The number of benzene rings is 1. The zero-order valence-electron chi connectivity index (χ0n) is 11.2. The third kappa shape index (κ3) is 1.84. The molecular formula is C15H13N3O2. The standard InChI is InChI=1S/C15H13N3O2/c1-9-5-6-11(8-10(9)2)14-17-13(15(19)20)12-4-3-7-16-18(12)14/h3-8H,1-2H3,(H,19,20). The molecule has 0 aliphatic rings. The molecule has 0 bridgehead atoms. The van der Waals surface area contributed by atoms with Crippen molar-refractivity contribution in [3.05, 3.63) is 53.3 Å². The van der Waals surface area contributed by atoms with E-state index < -0.39 is 5.97 Å². The van der Waals surface area contributed by atoms with E-state index in [4.69, 9.17) is 0 Å². The lowest BCUT2D eigenvalue weighted by Crippen LogP contribution is -1.97. The van der Waals surface area contributed by atoms with Crippen molar-refractivity contribution in [2.45, 2.75) is 13.8 Å². The summed E-state index contributed by atoms with van der Waals surface area (Å²) in [5, 5.41) is 13.4. The SMILES string of the molecule is Cc1ccc(-c2nc(C(=O)O)c3cccnn23)cc1C. The van der Waals surface area contributed by atoms with Gasteiger partial charge in [0, 0.05) is 11.8 Å². The van der Waals surface area contributed by atoms with Gasteiger partial charge in [0.15, 0.2) is 11.5 Å². The average molecular weight is 267 g/mol. The molecule has 0 aliphatic heterocycles. The topological polar surface area (TPSA) is 67.5 Å². The first-order valence-corrected chi connectivity index (χ1v) is 6.22. The van der Waals surface area contributed by atoms with Crippen molar-refractivity contribution >= 4 is 11.5 Å². The summed E-state index contributed by atoms with van der Waals surface area (Å²) in [6, 6.07) is 9.32. The smallest absolute Gasteiger partial charge is 0.356 e. The molecule has 5 nitrogen and oxygen atoms in total. The van der Waals surface area contributed by atoms with Crippen LogP contribution in [0.3, 0.4) is 0 Å². The number of carboxylic acid groups (broad SMARTS) is 1. The number of aromatic carboxylic acids is 1. The second-order valence-corrected chi connectivity index (χ2v) is 4.71. The molecule has 0 aliphatic carbocycles. The van der Waals surface area contributed by atoms with Gasteiger partial charge in [-0.25, -0.2) is 14.3 Å². The lowest BCUT2D eigenvalue weighted by atomic mass is 10.1. The van der Waals surface area contributed by atoms with E-state index in [1.807, 2.05) is 32.0 Å². The van der Waals surface area contributed by atoms with Crippen molar-refractivity contribution in [3.8, 4) is 11.4 Å². The van der Waals surface area contributed by atoms with Gasteiger partial charge in [-0.3, -0.25) is 0 Å². The number of imidazole rings is 1. The van der Waals surface area contributed by atoms with E-state index in [1.165, 1.54) is 5.56 Å². The highest BCUT2D eigenvalue weighted by molar-refractivity contribution is 5.94. The Morgan fingerprint density at radius 3 is 2.70 bits per heavy atom. The molecule has 0 amide bonds. The van der Waals surface area contributed by atoms with E-state index in [0.717, 1.165) is 11.1 Å². The lowest BCUT2D eigenvalue weighted by Gasteiger charge is -2.03. The predicted octanol–water partition coefficient (Wildman–Crippen LogP) is 2.71. The Balaban J connectivity index is 2.31. The minimum Gasteiger partial charge on any atom is -0.476 e. The zero-order chi connectivity index (χ0) is 14.3. The van der Waals surface area contributed by atoms with Gasteiger partial charge in [-0.05, 0) is 43.2 Å². The summed E-state index contributed by atoms with van der Waals surface area (Å²) < 4.78 is 1.56. The summed E-state index contributed by atoms with van der Waals surface area (Å²) >= 11 is 0. The summed E-state index contributed by atoms with van der Waals surface area (Å²) in [5.74, 6) is -0.508. The molecule has 100 valence electrons. The molecule has 0 fully saturated rings. The van der Waals surface area contributed by atoms with Crippen LogP contribution in [0.25, 0.3) is 16.9 Å². The predicted molar refractivity (Wildman–Crippen MR) is 74.9 cm³/mol. The number of hydrogen-bond acceptors (Lipinski definition) is 3. The van der Waals surface area contributed by atoms with Crippen LogP contribution in [0.15, 0.2) is 36.5 Å². The quantitative estimate of drug-likeness (QED) is 0.775. The second kappa shape index (κ2) is 4.45. The Kier molecular flexibility index (Phi) is 2.75. The number of aryl methyl sites for hydroxylation is 2. The number of carbonyl (C=O) groups is 1. The molecule has 2 heterocycles. The first-order valence-electron chi connectivity index (χ1n) is 6.22. The minimum absolute atomic E-state index is 0.0197. The fourth-order valence-electron chi connectivity index (χ4n) is 2.16. The molecule has 5 heteroatoms. The zero-order valence-corrected chi connectivity index (χ0v) is 11.2. The van der Waals surface area contributed by atoms with Gasteiger partial charge < -0.3 is 5.11 Å². The number of hydrogen-bond donors (Lipinski definition) is 1. The Hall–Kier alpha value is -2.69. The number of nitrogens with zero attached hydrogens (tertiary/aromatic N) is 3. The molecule has 0 radical (unpaired) electrons. The molecule has 1 N–H and O–H groups in total. The third-order valence-electron chi connectivity index (χ3n) is 3.38. The van der Waals surface area contributed by atoms with E-state index in [9.17, 15) is 9.90 Å². The van der Waals surface area contributed by atoms with Crippen LogP contribution in [0.1, 0.15) is 21.6 Å². The van der Waals surface area contributed by atoms with Crippen molar-refractivity contribution < 1.29 is 9.90 Å². The second-order valence-electron chi connectivity index (χ2n) is 4.71. The molecule has 2 aromatic heterocycles. The van der Waals surface area contributed by atoms with Crippen LogP contribution in [-0.2, 0) is 0 Å². The van der Waals surface area contributed by atoms with Crippen molar-refractivity contribution in [2.24, 2.45) is 0 Å². The highest BCUT2D eigenvalue weighted by Gasteiger charge is 2.18. The normalized spacial score (nSPS) is 10.9. The summed E-state index contributed by atoms with van der Waals surface area (Å²) in [4.78, 5) is 15.5. The van der Waals surface area contributed by atoms with Gasteiger partial charge in [0.1, 0.15) is 5.52 Å². The van der Waals surface area contributed by atoms with Gasteiger partial charge in [0.05, 0.1) is 0 Å². The van der Waals surface area contributed by atoms with Crippen LogP contribution in [-0.4, -0.2) is 25.7 Å². The van der Waals surface area contributed by atoms with Crippen LogP contribution in [0.5, 0.6) is 0 Å². The highest BCUT2D eigenvalue weighted by Crippen LogP contribution is 2.23. The number of carboxylic acids is 1. The average Bonchev–Trinajstić information content (AvgIpc) is 2.82. The van der Waals surface area contributed by atoms with Crippen LogP contribution in [0.2, 0.25) is 0 Å². The Morgan fingerprint density at radius 2 is 2.00 bits per heavy atom. The van der Waals surface area contributed by atoms with E-state index >= 15 is 0 Å². The highest BCUT2D eigenvalue weighted by atomic mass is 16.4. The van der Waals surface area contributed by atoms with Crippen molar-refractivity contribution in [2.75, 3.05) is 0 Å². The van der Waals surface area contributed by atoms with Gasteiger partial charge in [-0.2, -0.15) is 5.10 Å². The Labute approximate surface area is 115 Å². The molecule has 20 heavy (non-hydrogen) atoms. The number of aromatic nitrogens is 3. The van der Waals surface area contributed by atoms with Gasteiger partial charge in [0.25, 0.3) is 0 Å². The van der Waals surface area contributed by atoms with E-state index in [-0.39, 0.29) is 5.69 Å². The van der Waals surface area contributed by atoms with Crippen molar-refractivity contribution in [1.29, 1.82) is 0 Å². The Bertz CT molecular complexity index is 821. The van der Waals surface area contributed by atoms with Crippen LogP contribution in [0, 0.1) is 13.8 Å². The monoisotopic (exact) mass is 267 g/mol. The van der Waals surface area contributed by atoms with Crippen LogP contribution in [0.4, 0.5) is 0 Å². The maximum absolute atomic E-state index is 11.3. The van der Waals surface area contributed by atoms with Crippen molar-refractivity contribution in [3.63, 3.8) is 0 Å². The van der Waals surface area contributed by atoms with Gasteiger partial charge in [-0.15, -0.1) is 0 Å². The molecule has 0 atom stereocenters. The summed E-state index contributed by atoms with van der Waals surface area (Å²) in [6.07, 6.45) is 1.62. The largest absolute Gasteiger partial charge is 0.476 e. The fraction of sp³-hybridized carbons (Fsp3) is 0.133. The van der Waals surface area contributed by atoms with Crippen molar-refractivity contribution in [1.82, 2.24) is 14.6 Å². The summed E-state index contributed by atoms with van der Waals surface area (Å²) in [7, 11) is 0. The fourth-order valence-corrected chi connectivity index (χ4v) is 2.16. The van der Waals surface area contributed by atoms with Crippen LogP contribution < -0.4 is 0 Å². The van der Waals surface area contributed by atoms with Gasteiger partial charge in [-0.1, -0.05) is 12.1 Å². The van der Waals surface area contributed by atoms with Gasteiger partial charge >= 0.3 is 5.97 Å². The molecule has 0 saturated heterocycles. The van der Waals surface area contributed by atoms with E-state index in [0.29, 0.717) is 11.3 Å². The third-order valence-corrected chi connectivity index (χ3v) is 3.38. The van der Waals surface area contributed by atoms with E-state index in [2.05, 4.69) is 10.1 Å². The molecule has 1 aromatic carbocycles. The molecule has 0 saturated carbocycles. The maximum atomic E-state index is 11.3. The first-order chi connectivity index (χ1) is 9.58. The molecule has 3 rings (SSSR count). The lowest BCUT2D eigenvalue weighted by molar-refractivity contribution is 0.0693. The minimum atomic E-state index is -1.05. The summed E-state index contributed by atoms with van der Waals surface area (Å²) in [5.41, 5.74) is 3.68. The maximum Gasteiger partial charge on any atom is 0.356 e. The molecule has 0 unspecified atom stereocenters. The van der Waals surface area contributed by atoms with Gasteiger partial charge in [0.2, 0.25) is 0 Å². The first kappa shape index (κ1) is 12.3. The molecular weight excluding hydrogens is 254 g/mol. The number of rotatable bonds is 2. The molecule has 3 aromatic rings. The summed E-state index contributed by atoms with van der Waals surface area (Å²) in [6.45, 7) is 4.05. The number of fused-ring (bicyclic) bond motifs is 1.